The predicted octanol–water partition coefficient (Wildman–Crippen LogP) is 3.48. The van der Waals surface area contributed by atoms with Gasteiger partial charge in [-0.3, -0.25) is 4.79 Å². The van der Waals surface area contributed by atoms with Gasteiger partial charge in [-0.15, -0.1) is 0 Å². The van der Waals surface area contributed by atoms with Crippen molar-refractivity contribution in [2.75, 3.05) is 11.1 Å². The van der Waals surface area contributed by atoms with Crippen LogP contribution in [0.1, 0.15) is 15.9 Å². The number of carbonyl (C=O) groups is 1. The van der Waals surface area contributed by atoms with Gasteiger partial charge in [0.25, 0.3) is 5.91 Å². The van der Waals surface area contributed by atoms with E-state index in [0.29, 0.717) is 22.0 Å². The first-order valence-corrected chi connectivity index (χ1v) is 5.87. The maximum Gasteiger partial charge on any atom is 0.255 e. The van der Waals surface area contributed by atoms with E-state index in [4.69, 9.17) is 17.3 Å². The van der Waals surface area contributed by atoms with Gasteiger partial charge < -0.3 is 11.1 Å². The van der Waals surface area contributed by atoms with E-state index in [9.17, 15) is 4.79 Å². The summed E-state index contributed by atoms with van der Waals surface area (Å²) in [6.07, 6.45) is 0. The Morgan fingerprint density at radius 2 is 1.83 bits per heavy atom. The van der Waals surface area contributed by atoms with Crippen LogP contribution in [0.25, 0.3) is 0 Å². The monoisotopic (exact) mass is 260 g/mol. The van der Waals surface area contributed by atoms with Crippen molar-refractivity contribution in [3.8, 4) is 0 Å². The normalized spacial score (nSPS) is 10.1. The quantitative estimate of drug-likeness (QED) is 0.812. The van der Waals surface area contributed by atoms with E-state index in [2.05, 4.69) is 5.32 Å². The van der Waals surface area contributed by atoms with Gasteiger partial charge in [-0.1, -0.05) is 29.3 Å². The Bertz CT molecular complexity index is 579. The number of carbonyl (C=O) groups excluding carboxylic acids is 1. The summed E-state index contributed by atoms with van der Waals surface area (Å²) in [4.78, 5) is 12.0. The molecule has 0 saturated heterocycles. The van der Waals surface area contributed by atoms with E-state index in [-0.39, 0.29) is 5.91 Å². The maximum atomic E-state index is 12.0. The van der Waals surface area contributed by atoms with Crippen molar-refractivity contribution in [1.82, 2.24) is 0 Å². The smallest absolute Gasteiger partial charge is 0.255 e. The number of nitrogens with one attached hydrogen (secondary N) is 1. The lowest BCUT2D eigenvalue weighted by Crippen LogP contribution is -2.12. The molecular weight excluding hydrogens is 248 g/mol. The van der Waals surface area contributed by atoms with Gasteiger partial charge in [-0.2, -0.15) is 0 Å². The number of nitrogen functional groups attached to an aromatic ring is 1. The molecular formula is C14H13ClN2O. The predicted molar refractivity (Wildman–Crippen MR) is 75.0 cm³/mol. The average molecular weight is 261 g/mol. The lowest BCUT2D eigenvalue weighted by Gasteiger charge is -2.08. The molecule has 0 aliphatic carbocycles. The van der Waals surface area contributed by atoms with Crippen molar-refractivity contribution in [2.24, 2.45) is 0 Å². The second-order valence-electron chi connectivity index (χ2n) is 4.06. The number of benzene rings is 2. The number of anilines is 2. The van der Waals surface area contributed by atoms with Crippen LogP contribution in [0, 0.1) is 6.92 Å². The lowest BCUT2D eigenvalue weighted by molar-refractivity contribution is 0.102. The van der Waals surface area contributed by atoms with Crippen LogP contribution in [0.3, 0.4) is 0 Å². The molecule has 0 atom stereocenters. The highest BCUT2D eigenvalue weighted by molar-refractivity contribution is 6.34. The lowest BCUT2D eigenvalue weighted by atomic mass is 10.1. The van der Waals surface area contributed by atoms with Crippen molar-refractivity contribution in [3.63, 3.8) is 0 Å². The second-order valence-corrected chi connectivity index (χ2v) is 4.47. The summed E-state index contributed by atoms with van der Waals surface area (Å²) in [5.74, 6) is -0.206. The Morgan fingerprint density at radius 3 is 2.50 bits per heavy atom. The molecule has 0 aromatic heterocycles. The van der Waals surface area contributed by atoms with E-state index >= 15 is 0 Å². The molecule has 2 aromatic carbocycles. The highest BCUT2D eigenvalue weighted by Crippen LogP contribution is 2.24. The Labute approximate surface area is 111 Å². The fourth-order valence-corrected chi connectivity index (χ4v) is 1.70. The molecule has 3 nitrogen and oxygen atoms in total. The van der Waals surface area contributed by atoms with Gasteiger partial charge in [0.2, 0.25) is 0 Å². The summed E-state index contributed by atoms with van der Waals surface area (Å²) >= 11 is 5.98. The first-order chi connectivity index (χ1) is 8.56. The van der Waals surface area contributed by atoms with Crippen LogP contribution in [0.15, 0.2) is 42.5 Å². The van der Waals surface area contributed by atoms with E-state index in [1.165, 1.54) is 0 Å². The highest BCUT2D eigenvalue weighted by atomic mass is 35.5. The molecule has 1 amide bonds. The zero-order valence-corrected chi connectivity index (χ0v) is 10.7. The Kier molecular flexibility index (Phi) is 3.53. The molecule has 0 aliphatic rings. The summed E-state index contributed by atoms with van der Waals surface area (Å²) < 4.78 is 0. The van der Waals surface area contributed by atoms with E-state index in [0.717, 1.165) is 5.56 Å². The molecule has 2 rings (SSSR count). The molecule has 18 heavy (non-hydrogen) atoms. The summed E-state index contributed by atoms with van der Waals surface area (Å²) in [6, 6.07) is 12.3. The summed E-state index contributed by atoms with van der Waals surface area (Å²) in [5.41, 5.74) is 8.41. The van der Waals surface area contributed by atoms with Crippen LogP contribution in [0.4, 0.5) is 11.4 Å². The zero-order valence-electron chi connectivity index (χ0n) is 9.91. The summed E-state index contributed by atoms with van der Waals surface area (Å²) in [7, 11) is 0. The van der Waals surface area contributed by atoms with Gasteiger partial charge in [-0.05, 0) is 37.3 Å². The standard InChI is InChI=1S/C14H13ClN2O/c1-9-2-4-10(5-3-9)14(18)17-13-8-11(16)6-7-12(13)15/h2-8H,16H2,1H3,(H,17,18). The van der Waals surface area contributed by atoms with Crippen LogP contribution in [0.2, 0.25) is 5.02 Å². The fourth-order valence-electron chi connectivity index (χ4n) is 1.54. The third-order valence-electron chi connectivity index (χ3n) is 2.55. The van der Waals surface area contributed by atoms with Crippen LogP contribution in [-0.4, -0.2) is 5.91 Å². The fraction of sp³-hybridized carbons (Fsp3) is 0.0714. The number of hydrogen-bond donors (Lipinski definition) is 2. The summed E-state index contributed by atoms with van der Waals surface area (Å²) in [5, 5.41) is 3.20. The van der Waals surface area contributed by atoms with Gasteiger partial charge in [-0.25, -0.2) is 0 Å². The Hall–Kier alpha value is -2.00. The first-order valence-electron chi connectivity index (χ1n) is 5.49. The molecule has 3 N–H and O–H groups in total. The zero-order chi connectivity index (χ0) is 13.1. The molecule has 0 heterocycles. The topological polar surface area (TPSA) is 55.1 Å². The third kappa shape index (κ3) is 2.81. The first kappa shape index (κ1) is 12.5. The number of nitrogens with two attached hydrogens (primary N) is 1. The van der Waals surface area contributed by atoms with E-state index < -0.39 is 0 Å². The number of amides is 1. The molecule has 0 spiro atoms. The van der Waals surface area contributed by atoms with Crippen molar-refractivity contribution in [3.05, 3.63) is 58.6 Å². The molecule has 4 heteroatoms. The van der Waals surface area contributed by atoms with Crippen molar-refractivity contribution in [1.29, 1.82) is 0 Å². The molecule has 0 fully saturated rings. The number of halogens is 1. The number of aryl methyl sites for hydroxylation is 1. The molecule has 0 unspecified atom stereocenters. The Morgan fingerprint density at radius 1 is 1.17 bits per heavy atom. The van der Waals surface area contributed by atoms with E-state index in [1.54, 1.807) is 30.3 Å². The molecule has 0 aliphatic heterocycles. The second kappa shape index (κ2) is 5.10. The van der Waals surface area contributed by atoms with Crippen LogP contribution in [-0.2, 0) is 0 Å². The average Bonchev–Trinajstić information content (AvgIpc) is 2.34. The van der Waals surface area contributed by atoms with E-state index in [1.807, 2.05) is 19.1 Å². The SMILES string of the molecule is Cc1ccc(C(=O)Nc2cc(N)ccc2Cl)cc1. The van der Waals surface area contributed by atoms with Crippen molar-refractivity contribution >= 4 is 28.9 Å². The Balaban J connectivity index is 2.21. The molecule has 2 aromatic rings. The van der Waals surface area contributed by atoms with Gasteiger partial charge in [0.05, 0.1) is 10.7 Å². The molecule has 0 bridgehead atoms. The molecule has 92 valence electrons. The van der Waals surface area contributed by atoms with Crippen molar-refractivity contribution < 1.29 is 4.79 Å². The molecule has 0 radical (unpaired) electrons. The minimum absolute atomic E-state index is 0.206. The van der Waals surface area contributed by atoms with Crippen molar-refractivity contribution in [2.45, 2.75) is 6.92 Å². The number of hydrogen-bond acceptors (Lipinski definition) is 2. The number of rotatable bonds is 2. The molecule has 0 saturated carbocycles. The van der Waals surface area contributed by atoms with Gasteiger partial charge >= 0.3 is 0 Å². The largest absolute Gasteiger partial charge is 0.399 e. The summed E-state index contributed by atoms with van der Waals surface area (Å²) in [6.45, 7) is 1.97. The van der Waals surface area contributed by atoms with Gasteiger partial charge in [0.15, 0.2) is 0 Å². The third-order valence-corrected chi connectivity index (χ3v) is 2.88. The highest BCUT2D eigenvalue weighted by Gasteiger charge is 2.08. The van der Waals surface area contributed by atoms with Crippen LogP contribution in [0.5, 0.6) is 0 Å². The van der Waals surface area contributed by atoms with Crippen LogP contribution < -0.4 is 11.1 Å². The van der Waals surface area contributed by atoms with Crippen LogP contribution >= 0.6 is 11.6 Å². The maximum absolute atomic E-state index is 12.0. The minimum atomic E-state index is -0.206. The van der Waals surface area contributed by atoms with Gasteiger partial charge in [0.1, 0.15) is 0 Å². The van der Waals surface area contributed by atoms with Gasteiger partial charge in [0, 0.05) is 11.3 Å². The minimum Gasteiger partial charge on any atom is -0.399 e.